The zero-order chi connectivity index (χ0) is 14.9. The van der Waals surface area contributed by atoms with E-state index in [1.54, 1.807) is 0 Å². The molecule has 1 aliphatic rings. The van der Waals surface area contributed by atoms with Gasteiger partial charge in [-0.25, -0.2) is 4.79 Å². The van der Waals surface area contributed by atoms with Gasteiger partial charge < -0.3 is 10.0 Å². The number of aliphatic carboxylic acids is 1. The van der Waals surface area contributed by atoms with E-state index < -0.39 is 11.5 Å². The molecule has 0 saturated carbocycles. The van der Waals surface area contributed by atoms with Gasteiger partial charge in [-0.15, -0.1) is 0 Å². The summed E-state index contributed by atoms with van der Waals surface area (Å²) in [5.41, 5.74) is 0.574. The molecular weight excluding hydrogens is 254 g/mol. The van der Waals surface area contributed by atoms with Crippen LogP contribution >= 0.6 is 0 Å². The lowest BCUT2D eigenvalue weighted by atomic mass is 9.74. The summed E-state index contributed by atoms with van der Waals surface area (Å²) in [7, 11) is 0. The average molecular weight is 275 g/mol. The number of amides is 1. The van der Waals surface area contributed by atoms with Crippen LogP contribution in [0.15, 0.2) is 24.3 Å². The summed E-state index contributed by atoms with van der Waals surface area (Å²) < 4.78 is 0. The molecule has 0 saturated heterocycles. The molecule has 1 amide bonds. The highest BCUT2D eigenvalue weighted by atomic mass is 16.4. The van der Waals surface area contributed by atoms with Crippen molar-refractivity contribution in [2.24, 2.45) is 0 Å². The molecule has 0 aromatic heterocycles. The lowest BCUT2D eigenvalue weighted by molar-refractivity contribution is -0.163. The van der Waals surface area contributed by atoms with Gasteiger partial charge in [0.15, 0.2) is 5.54 Å². The van der Waals surface area contributed by atoms with Crippen molar-refractivity contribution in [2.45, 2.75) is 51.6 Å². The summed E-state index contributed by atoms with van der Waals surface area (Å²) in [6.07, 6.45) is 2.12. The molecule has 1 unspecified atom stereocenters. The second-order valence-corrected chi connectivity index (χ2v) is 5.66. The first-order chi connectivity index (χ1) is 9.41. The number of aryl methyl sites for hydroxylation is 1. The molecule has 1 N–H and O–H groups in total. The Morgan fingerprint density at radius 3 is 2.50 bits per heavy atom. The molecule has 1 aromatic rings. The zero-order valence-electron chi connectivity index (χ0n) is 12.2. The lowest BCUT2D eigenvalue weighted by Gasteiger charge is -2.46. The van der Waals surface area contributed by atoms with E-state index >= 15 is 0 Å². The summed E-state index contributed by atoms with van der Waals surface area (Å²) >= 11 is 0. The number of carboxylic acid groups (broad SMARTS) is 1. The van der Waals surface area contributed by atoms with Crippen molar-refractivity contribution in [1.29, 1.82) is 0 Å². The van der Waals surface area contributed by atoms with Gasteiger partial charge in [-0.3, -0.25) is 4.79 Å². The van der Waals surface area contributed by atoms with Gasteiger partial charge in [0, 0.05) is 13.0 Å². The molecular formula is C16H21NO3. The van der Waals surface area contributed by atoms with Gasteiger partial charge in [0.2, 0.25) is 5.91 Å². The fraction of sp³-hybridized carbons (Fsp3) is 0.500. The Kier molecular flexibility index (Phi) is 3.84. The molecule has 2 rings (SSSR count). The standard InChI is InChI=1S/C16H21NO3/c1-11(2)17(12(3)18)16(15(19)20)10-6-8-13-7-4-5-9-14(13)16/h4-5,7,9,11H,6,8,10H2,1-3H3,(H,19,20). The van der Waals surface area contributed by atoms with Crippen molar-refractivity contribution in [3.63, 3.8) is 0 Å². The first-order valence-corrected chi connectivity index (χ1v) is 7.03. The molecule has 0 spiro atoms. The van der Waals surface area contributed by atoms with Crippen molar-refractivity contribution in [3.05, 3.63) is 35.4 Å². The second kappa shape index (κ2) is 5.27. The normalized spacial score (nSPS) is 21.4. The highest BCUT2D eigenvalue weighted by Crippen LogP contribution is 2.41. The van der Waals surface area contributed by atoms with Crippen molar-refractivity contribution >= 4 is 11.9 Å². The van der Waals surface area contributed by atoms with Crippen LogP contribution in [-0.2, 0) is 21.5 Å². The maximum atomic E-state index is 12.1. The third-order valence-electron chi connectivity index (χ3n) is 4.07. The molecule has 108 valence electrons. The minimum atomic E-state index is -1.23. The van der Waals surface area contributed by atoms with E-state index in [0.29, 0.717) is 6.42 Å². The number of carboxylic acids is 1. The Morgan fingerprint density at radius 1 is 1.30 bits per heavy atom. The number of benzene rings is 1. The van der Waals surface area contributed by atoms with Gasteiger partial charge in [-0.1, -0.05) is 24.3 Å². The van der Waals surface area contributed by atoms with Crippen LogP contribution in [0.25, 0.3) is 0 Å². The first kappa shape index (κ1) is 14.6. The molecule has 0 heterocycles. The summed E-state index contributed by atoms with van der Waals surface area (Å²) in [6, 6.07) is 7.42. The summed E-state index contributed by atoms with van der Waals surface area (Å²) in [5.74, 6) is -1.13. The third kappa shape index (κ3) is 2.09. The second-order valence-electron chi connectivity index (χ2n) is 5.66. The Morgan fingerprint density at radius 2 is 1.95 bits per heavy atom. The highest BCUT2D eigenvalue weighted by molar-refractivity contribution is 5.88. The number of hydrogen-bond acceptors (Lipinski definition) is 2. The van der Waals surface area contributed by atoms with Crippen LogP contribution < -0.4 is 0 Å². The van der Waals surface area contributed by atoms with Crippen molar-refractivity contribution in [2.75, 3.05) is 0 Å². The van der Waals surface area contributed by atoms with E-state index in [0.717, 1.165) is 24.0 Å². The number of carbonyl (C=O) groups is 2. The van der Waals surface area contributed by atoms with Crippen LogP contribution in [0.5, 0.6) is 0 Å². The maximum absolute atomic E-state index is 12.1. The third-order valence-corrected chi connectivity index (χ3v) is 4.07. The minimum absolute atomic E-state index is 0.158. The van der Waals surface area contributed by atoms with Gasteiger partial charge in [-0.05, 0) is 44.2 Å². The molecule has 1 atom stereocenters. The Bertz CT molecular complexity index is 538. The van der Waals surface area contributed by atoms with Crippen LogP contribution in [0, 0.1) is 0 Å². The summed E-state index contributed by atoms with van der Waals surface area (Å²) in [6.45, 7) is 5.18. The van der Waals surface area contributed by atoms with E-state index in [9.17, 15) is 14.7 Å². The topological polar surface area (TPSA) is 57.6 Å². The summed E-state index contributed by atoms with van der Waals surface area (Å²) in [4.78, 5) is 25.7. The molecule has 1 aliphatic carbocycles. The number of rotatable bonds is 3. The smallest absolute Gasteiger partial charge is 0.334 e. The van der Waals surface area contributed by atoms with Gasteiger partial charge in [0.25, 0.3) is 0 Å². The largest absolute Gasteiger partial charge is 0.479 e. The van der Waals surface area contributed by atoms with E-state index in [1.807, 2.05) is 38.1 Å². The van der Waals surface area contributed by atoms with Gasteiger partial charge >= 0.3 is 5.97 Å². The number of hydrogen-bond donors (Lipinski definition) is 1. The SMILES string of the molecule is CC(=O)N(C(C)C)C1(C(=O)O)CCCc2ccccc21. The average Bonchev–Trinajstić information content (AvgIpc) is 2.37. The number of nitrogens with zero attached hydrogens (tertiary/aromatic N) is 1. The molecule has 0 aliphatic heterocycles. The molecule has 4 heteroatoms. The van der Waals surface area contributed by atoms with E-state index in [2.05, 4.69) is 0 Å². The monoisotopic (exact) mass is 275 g/mol. The highest BCUT2D eigenvalue weighted by Gasteiger charge is 2.50. The lowest BCUT2D eigenvalue weighted by Crippen LogP contribution is -2.58. The van der Waals surface area contributed by atoms with Crippen LogP contribution in [0.4, 0.5) is 0 Å². The fourth-order valence-corrected chi connectivity index (χ4v) is 3.46. The van der Waals surface area contributed by atoms with E-state index in [4.69, 9.17) is 0 Å². The quantitative estimate of drug-likeness (QED) is 0.922. The molecule has 0 radical (unpaired) electrons. The Hall–Kier alpha value is -1.84. The number of carbonyl (C=O) groups excluding carboxylic acids is 1. The van der Waals surface area contributed by atoms with E-state index in [-0.39, 0.29) is 11.9 Å². The Labute approximate surface area is 119 Å². The summed E-state index contributed by atoms with van der Waals surface area (Å²) in [5, 5.41) is 9.91. The predicted molar refractivity (Wildman–Crippen MR) is 76.3 cm³/mol. The van der Waals surface area contributed by atoms with Crippen LogP contribution in [0.1, 0.15) is 44.7 Å². The zero-order valence-corrected chi connectivity index (χ0v) is 12.2. The minimum Gasteiger partial charge on any atom is -0.479 e. The van der Waals surface area contributed by atoms with Gasteiger partial charge in [0.05, 0.1) is 0 Å². The maximum Gasteiger partial charge on any atom is 0.334 e. The molecule has 20 heavy (non-hydrogen) atoms. The number of fused-ring (bicyclic) bond motifs is 1. The molecule has 4 nitrogen and oxygen atoms in total. The Balaban J connectivity index is 2.68. The molecule has 1 aromatic carbocycles. The fourth-order valence-electron chi connectivity index (χ4n) is 3.46. The first-order valence-electron chi connectivity index (χ1n) is 7.03. The van der Waals surface area contributed by atoms with Crippen molar-refractivity contribution < 1.29 is 14.7 Å². The van der Waals surface area contributed by atoms with Gasteiger partial charge in [0.1, 0.15) is 0 Å². The molecule has 0 bridgehead atoms. The van der Waals surface area contributed by atoms with Crippen LogP contribution in [-0.4, -0.2) is 27.9 Å². The van der Waals surface area contributed by atoms with Crippen molar-refractivity contribution in [3.8, 4) is 0 Å². The van der Waals surface area contributed by atoms with Crippen LogP contribution in [0.2, 0.25) is 0 Å². The van der Waals surface area contributed by atoms with Crippen molar-refractivity contribution in [1.82, 2.24) is 4.90 Å². The van der Waals surface area contributed by atoms with Crippen LogP contribution in [0.3, 0.4) is 0 Å². The molecule has 0 fully saturated rings. The van der Waals surface area contributed by atoms with Gasteiger partial charge in [-0.2, -0.15) is 0 Å². The predicted octanol–water partition coefficient (Wildman–Crippen LogP) is 2.56. The van der Waals surface area contributed by atoms with E-state index in [1.165, 1.54) is 11.8 Å².